The number of hydrogen-bond donors (Lipinski definition) is 1. The van der Waals surface area contributed by atoms with E-state index in [4.69, 9.17) is 23.4 Å². The molecule has 1 aliphatic rings. The molecule has 9 heteroatoms. The van der Waals surface area contributed by atoms with Crippen molar-refractivity contribution in [3.8, 4) is 23.0 Å². The SMILES string of the molecule is COC(=O)C[C@@H](c1ccccc1OC)c1oc(CN2CCc3cc(OC)c(OC)cc3C2)cc(=O)c1O. The van der Waals surface area contributed by atoms with E-state index in [9.17, 15) is 14.7 Å². The number of methoxy groups -OCH3 is 4. The van der Waals surface area contributed by atoms with Crippen molar-refractivity contribution in [2.24, 2.45) is 0 Å². The quantitative estimate of drug-likeness (QED) is 0.433. The Morgan fingerprint density at radius 2 is 1.68 bits per heavy atom. The molecule has 0 amide bonds. The fraction of sp³-hybridized carbons (Fsp3) is 0.357. The average Bonchev–Trinajstić information content (AvgIpc) is 2.92. The molecule has 1 aliphatic heterocycles. The predicted octanol–water partition coefficient (Wildman–Crippen LogP) is 3.62. The maximum Gasteiger partial charge on any atom is 0.306 e. The van der Waals surface area contributed by atoms with E-state index in [1.807, 2.05) is 12.1 Å². The number of ether oxygens (including phenoxy) is 4. The summed E-state index contributed by atoms with van der Waals surface area (Å²) in [5, 5.41) is 10.7. The summed E-state index contributed by atoms with van der Waals surface area (Å²) in [5.74, 6) is 0.397. The molecular weight excluding hydrogens is 478 g/mol. The summed E-state index contributed by atoms with van der Waals surface area (Å²) in [6.45, 7) is 1.70. The lowest BCUT2D eigenvalue weighted by atomic mass is 9.91. The zero-order valence-electron chi connectivity index (χ0n) is 21.4. The van der Waals surface area contributed by atoms with E-state index >= 15 is 0 Å². The fourth-order valence-electron chi connectivity index (χ4n) is 4.71. The first-order chi connectivity index (χ1) is 17.9. The number of benzene rings is 2. The van der Waals surface area contributed by atoms with Gasteiger partial charge in [0.25, 0.3) is 0 Å². The van der Waals surface area contributed by atoms with Gasteiger partial charge in [0.2, 0.25) is 11.2 Å². The van der Waals surface area contributed by atoms with E-state index in [0.29, 0.717) is 41.7 Å². The summed E-state index contributed by atoms with van der Waals surface area (Å²) >= 11 is 0. The van der Waals surface area contributed by atoms with Gasteiger partial charge in [0, 0.05) is 24.7 Å². The second-order valence-corrected chi connectivity index (χ2v) is 8.80. The molecule has 0 spiro atoms. The van der Waals surface area contributed by atoms with Crippen LogP contribution < -0.4 is 19.6 Å². The van der Waals surface area contributed by atoms with Crippen molar-refractivity contribution in [1.29, 1.82) is 0 Å². The van der Waals surface area contributed by atoms with Gasteiger partial charge in [-0.05, 0) is 35.7 Å². The highest BCUT2D eigenvalue weighted by molar-refractivity contribution is 5.71. The second-order valence-electron chi connectivity index (χ2n) is 8.80. The normalized spacial score (nSPS) is 13.9. The molecule has 0 bridgehead atoms. The Labute approximate surface area is 215 Å². The lowest BCUT2D eigenvalue weighted by Gasteiger charge is -2.29. The minimum absolute atomic E-state index is 0.00113. The maximum atomic E-state index is 12.8. The second kappa shape index (κ2) is 11.4. The van der Waals surface area contributed by atoms with Gasteiger partial charge >= 0.3 is 5.97 Å². The van der Waals surface area contributed by atoms with Gasteiger partial charge in [-0.3, -0.25) is 14.5 Å². The van der Waals surface area contributed by atoms with E-state index in [0.717, 1.165) is 18.5 Å². The molecule has 2 heterocycles. The number of carbonyl (C=O) groups excluding carboxylic acids is 1. The third-order valence-electron chi connectivity index (χ3n) is 6.61. The standard InChI is InChI=1S/C28H31NO8/c1-33-23-8-6-5-7-20(23)21(14-26(31)36-4)28-27(32)22(30)13-19(37-28)16-29-10-9-17-11-24(34-2)25(35-3)12-18(17)15-29/h5-8,11-13,21,32H,9-10,14-16H2,1-4H3/t21-/m0/s1. The molecule has 0 fully saturated rings. The van der Waals surface area contributed by atoms with Crippen LogP contribution in [0, 0.1) is 0 Å². The third kappa shape index (κ3) is 5.56. The van der Waals surface area contributed by atoms with Gasteiger partial charge in [0.1, 0.15) is 11.5 Å². The molecule has 9 nitrogen and oxygen atoms in total. The molecule has 0 saturated carbocycles. The highest BCUT2D eigenvalue weighted by Crippen LogP contribution is 2.38. The Balaban J connectivity index is 1.67. The molecule has 0 aliphatic carbocycles. The molecule has 196 valence electrons. The number of rotatable bonds is 9. The molecule has 0 radical (unpaired) electrons. The molecule has 0 unspecified atom stereocenters. The van der Waals surface area contributed by atoms with Crippen molar-refractivity contribution >= 4 is 5.97 Å². The number of carbonyl (C=O) groups is 1. The van der Waals surface area contributed by atoms with E-state index in [1.54, 1.807) is 38.5 Å². The number of nitrogens with zero attached hydrogens (tertiary/aromatic N) is 1. The Morgan fingerprint density at radius 1 is 1.00 bits per heavy atom. The Morgan fingerprint density at radius 3 is 2.35 bits per heavy atom. The number of aromatic hydroxyl groups is 1. The minimum atomic E-state index is -0.782. The van der Waals surface area contributed by atoms with E-state index in [-0.39, 0.29) is 12.2 Å². The molecular formula is C28H31NO8. The van der Waals surface area contributed by atoms with Crippen LogP contribution >= 0.6 is 0 Å². The van der Waals surface area contributed by atoms with Crippen molar-refractivity contribution in [3.05, 3.63) is 80.9 Å². The summed E-state index contributed by atoms with van der Waals surface area (Å²) in [5.41, 5.74) is 2.29. The lowest BCUT2D eigenvalue weighted by molar-refractivity contribution is -0.140. The molecule has 1 aromatic heterocycles. The van der Waals surface area contributed by atoms with Gasteiger partial charge in [0.05, 0.1) is 47.3 Å². The highest BCUT2D eigenvalue weighted by atomic mass is 16.5. The van der Waals surface area contributed by atoms with Crippen LogP contribution in [-0.4, -0.2) is 51.0 Å². The average molecular weight is 510 g/mol. The first-order valence-electron chi connectivity index (χ1n) is 11.9. The van der Waals surface area contributed by atoms with Crippen molar-refractivity contribution < 1.29 is 33.3 Å². The summed E-state index contributed by atoms with van der Waals surface area (Å²) in [7, 11) is 6.01. The molecule has 2 aromatic carbocycles. The molecule has 0 saturated heterocycles. The fourth-order valence-corrected chi connectivity index (χ4v) is 4.71. The zero-order chi connectivity index (χ0) is 26.5. The van der Waals surface area contributed by atoms with Crippen LogP contribution in [0.25, 0.3) is 0 Å². The Bertz CT molecular complexity index is 1330. The first kappa shape index (κ1) is 26.1. The molecule has 1 N–H and O–H groups in total. The van der Waals surface area contributed by atoms with Crippen molar-refractivity contribution in [2.75, 3.05) is 35.0 Å². The van der Waals surface area contributed by atoms with E-state index in [1.165, 1.54) is 25.8 Å². The van der Waals surface area contributed by atoms with E-state index in [2.05, 4.69) is 4.90 Å². The van der Waals surface area contributed by atoms with Crippen LogP contribution in [0.2, 0.25) is 0 Å². The lowest BCUT2D eigenvalue weighted by Crippen LogP contribution is -2.30. The van der Waals surface area contributed by atoms with Gasteiger partial charge in [-0.15, -0.1) is 0 Å². The van der Waals surface area contributed by atoms with Gasteiger partial charge in [-0.2, -0.15) is 0 Å². The zero-order valence-corrected chi connectivity index (χ0v) is 21.4. The minimum Gasteiger partial charge on any atom is -0.502 e. The van der Waals surface area contributed by atoms with E-state index < -0.39 is 23.1 Å². The largest absolute Gasteiger partial charge is 0.502 e. The highest BCUT2D eigenvalue weighted by Gasteiger charge is 2.29. The Hall–Kier alpha value is -3.98. The van der Waals surface area contributed by atoms with Gasteiger partial charge in [-0.1, -0.05) is 18.2 Å². The maximum absolute atomic E-state index is 12.8. The molecule has 3 aromatic rings. The van der Waals surface area contributed by atoms with Gasteiger partial charge < -0.3 is 28.5 Å². The number of hydrogen-bond acceptors (Lipinski definition) is 9. The predicted molar refractivity (Wildman–Crippen MR) is 135 cm³/mol. The van der Waals surface area contributed by atoms with Crippen LogP contribution in [0.5, 0.6) is 23.0 Å². The summed E-state index contributed by atoms with van der Waals surface area (Å²) in [6.07, 6.45) is 0.645. The third-order valence-corrected chi connectivity index (χ3v) is 6.61. The van der Waals surface area contributed by atoms with Crippen molar-refractivity contribution in [3.63, 3.8) is 0 Å². The molecule has 37 heavy (non-hydrogen) atoms. The van der Waals surface area contributed by atoms with Crippen LogP contribution in [0.4, 0.5) is 0 Å². The first-order valence-corrected chi connectivity index (χ1v) is 11.9. The van der Waals surface area contributed by atoms with Gasteiger partial charge in [-0.25, -0.2) is 0 Å². The van der Waals surface area contributed by atoms with Crippen molar-refractivity contribution in [1.82, 2.24) is 4.90 Å². The van der Waals surface area contributed by atoms with Crippen molar-refractivity contribution in [2.45, 2.75) is 31.8 Å². The van der Waals surface area contributed by atoms with Gasteiger partial charge in [0.15, 0.2) is 17.3 Å². The van der Waals surface area contributed by atoms with Crippen LogP contribution in [0.3, 0.4) is 0 Å². The molecule has 1 atom stereocenters. The summed E-state index contributed by atoms with van der Waals surface area (Å²) in [6, 6.07) is 12.3. The van der Waals surface area contributed by atoms with Crippen LogP contribution in [0.15, 0.2) is 51.7 Å². The Kier molecular flexibility index (Phi) is 8.03. The topological polar surface area (TPSA) is 108 Å². The number of esters is 1. The monoisotopic (exact) mass is 509 g/mol. The number of fused-ring (bicyclic) bond motifs is 1. The summed E-state index contributed by atoms with van der Waals surface area (Å²) in [4.78, 5) is 27.2. The van der Waals surface area contributed by atoms with Crippen LogP contribution in [-0.2, 0) is 29.0 Å². The summed E-state index contributed by atoms with van der Waals surface area (Å²) < 4.78 is 27.3. The van der Waals surface area contributed by atoms with Crippen LogP contribution in [0.1, 0.15) is 40.5 Å². The molecule has 4 rings (SSSR count). The number of para-hydroxylation sites is 1. The smallest absolute Gasteiger partial charge is 0.306 e.